The Morgan fingerprint density at radius 3 is 2.96 bits per heavy atom. The molecule has 1 aliphatic rings. The van der Waals surface area contributed by atoms with Crippen LogP contribution in [0.5, 0.6) is 0 Å². The minimum atomic E-state index is 0.204. The number of thiophene rings is 1. The molecular weight excluding hydrogens is 334 g/mol. The van der Waals surface area contributed by atoms with Gasteiger partial charge in [-0.05, 0) is 37.8 Å². The SMILES string of the molecule is CC(C)Nc1ccnc(N2CCN(Cc3cccs3)[C@@H](CCO)C2)n1. The average molecular weight is 362 g/mol. The minimum Gasteiger partial charge on any atom is -0.396 e. The van der Waals surface area contributed by atoms with E-state index in [4.69, 9.17) is 0 Å². The molecule has 0 spiro atoms. The minimum absolute atomic E-state index is 0.204. The summed E-state index contributed by atoms with van der Waals surface area (Å²) in [5, 5.41) is 14.9. The van der Waals surface area contributed by atoms with Crippen LogP contribution in [-0.4, -0.2) is 58.3 Å². The van der Waals surface area contributed by atoms with Gasteiger partial charge in [-0.2, -0.15) is 4.98 Å². The third kappa shape index (κ3) is 4.90. The number of nitrogens with one attached hydrogen (secondary N) is 1. The normalized spacial score (nSPS) is 18.7. The Balaban J connectivity index is 1.68. The summed E-state index contributed by atoms with van der Waals surface area (Å²) in [7, 11) is 0. The van der Waals surface area contributed by atoms with Crippen molar-refractivity contribution >= 4 is 23.1 Å². The van der Waals surface area contributed by atoms with Gasteiger partial charge in [0.25, 0.3) is 0 Å². The van der Waals surface area contributed by atoms with Gasteiger partial charge < -0.3 is 15.3 Å². The first-order valence-electron chi connectivity index (χ1n) is 8.87. The average Bonchev–Trinajstić information content (AvgIpc) is 3.09. The molecule has 0 bridgehead atoms. The molecule has 0 aromatic carbocycles. The molecule has 0 amide bonds. The molecule has 136 valence electrons. The molecular formula is C18H27N5OS. The summed E-state index contributed by atoms with van der Waals surface area (Å²) in [6.07, 6.45) is 2.58. The van der Waals surface area contributed by atoms with E-state index in [0.29, 0.717) is 12.1 Å². The fraction of sp³-hybridized carbons (Fsp3) is 0.556. The number of aliphatic hydroxyl groups is 1. The second-order valence-electron chi connectivity index (χ2n) is 6.70. The molecule has 2 N–H and O–H groups in total. The third-order valence-corrected chi connectivity index (χ3v) is 5.23. The molecule has 3 heterocycles. The lowest BCUT2D eigenvalue weighted by Crippen LogP contribution is -2.53. The Morgan fingerprint density at radius 1 is 1.36 bits per heavy atom. The van der Waals surface area contributed by atoms with E-state index < -0.39 is 0 Å². The number of piperazine rings is 1. The van der Waals surface area contributed by atoms with E-state index in [1.807, 2.05) is 12.3 Å². The first-order chi connectivity index (χ1) is 12.2. The van der Waals surface area contributed by atoms with Crippen LogP contribution in [0, 0.1) is 0 Å². The molecule has 25 heavy (non-hydrogen) atoms. The number of hydrogen-bond acceptors (Lipinski definition) is 7. The topological polar surface area (TPSA) is 64.5 Å². The standard InChI is InChI=1S/C18H27N5OS/c1-14(2)20-17-5-7-19-18(21-17)23-9-8-22(15(12-23)6-10-24)13-16-4-3-11-25-16/h3-5,7,11,14-15,24H,6,8-10,12-13H2,1-2H3,(H,19,20,21)/t15-/m0/s1. The van der Waals surface area contributed by atoms with Gasteiger partial charge in [-0.3, -0.25) is 4.90 Å². The lowest BCUT2D eigenvalue weighted by atomic mass is 10.1. The molecule has 1 atom stereocenters. The first-order valence-corrected chi connectivity index (χ1v) is 9.75. The largest absolute Gasteiger partial charge is 0.396 e. The Kier molecular flexibility index (Phi) is 6.23. The molecule has 1 fully saturated rings. The highest BCUT2D eigenvalue weighted by molar-refractivity contribution is 7.09. The highest BCUT2D eigenvalue weighted by Gasteiger charge is 2.28. The van der Waals surface area contributed by atoms with Crippen molar-refractivity contribution in [3.05, 3.63) is 34.7 Å². The van der Waals surface area contributed by atoms with Crippen LogP contribution in [0.25, 0.3) is 0 Å². The molecule has 6 nitrogen and oxygen atoms in total. The second-order valence-corrected chi connectivity index (χ2v) is 7.74. The zero-order valence-corrected chi connectivity index (χ0v) is 15.7. The van der Waals surface area contributed by atoms with Gasteiger partial charge in [0.2, 0.25) is 5.95 Å². The van der Waals surface area contributed by atoms with Crippen molar-refractivity contribution in [2.24, 2.45) is 0 Å². The van der Waals surface area contributed by atoms with E-state index in [9.17, 15) is 5.11 Å². The number of hydrogen-bond donors (Lipinski definition) is 2. The zero-order valence-electron chi connectivity index (χ0n) is 14.9. The smallest absolute Gasteiger partial charge is 0.227 e. The third-order valence-electron chi connectivity index (χ3n) is 4.37. The van der Waals surface area contributed by atoms with Crippen molar-refractivity contribution in [2.45, 2.75) is 38.9 Å². The van der Waals surface area contributed by atoms with Crippen LogP contribution in [0.3, 0.4) is 0 Å². The van der Waals surface area contributed by atoms with Crippen LogP contribution in [0.15, 0.2) is 29.8 Å². The van der Waals surface area contributed by atoms with Crippen molar-refractivity contribution in [3.63, 3.8) is 0 Å². The van der Waals surface area contributed by atoms with Crippen LogP contribution < -0.4 is 10.2 Å². The van der Waals surface area contributed by atoms with Crippen LogP contribution in [-0.2, 0) is 6.54 Å². The number of rotatable bonds is 7. The van der Waals surface area contributed by atoms with Gasteiger partial charge in [0.1, 0.15) is 5.82 Å². The second kappa shape index (κ2) is 8.60. The number of nitrogens with zero attached hydrogens (tertiary/aromatic N) is 4. The molecule has 3 rings (SSSR count). The Morgan fingerprint density at radius 2 is 2.24 bits per heavy atom. The van der Waals surface area contributed by atoms with Gasteiger partial charge in [0, 0.05) is 55.9 Å². The molecule has 0 saturated carbocycles. The zero-order chi connectivity index (χ0) is 17.6. The summed E-state index contributed by atoms with van der Waals surface area (Å²) in [5.41, 5.74) is 0. The van der Waals surface area contributed by atoms with E-state index in [1.165, 1.54) is 4.88 Å². The van der Waals surface area contributed by atoms with Crippen molar-refractivity contribution in [2.75, 3.05) is 36.5 Å². The maximum atomic E-state index is 9.48. The van der Waals surface area contributed by atoms with Crippen LogP contribution in [0.2, 0.25) is 0 Å². The van der Waals surface area contributed by atoms with Gasteiger partial charge in [0.15, 0.2) is 0 Å². The predicted octanol–water partition coefficient (Wildman–Crippen LogP) is 2.43. The Labute approximate surface area is 153 Å². The van der Waals surface area contributed by atoms with Gasteiger partial charge in [0.05, 0.1) is 0 Å². The highest BCUT2D eigenvalue weighted by Crippen LogP contribution is 2.22. The van der Waals surface area contributed by atoms with Crippen molar-refractivity contribution in [3.8, 4) is 0 Å². The van der Waals surface area contributed by atoms with E-state index in [1.54, 1.807) is 11.3 Å². The summed E-state index contributed by atoms with van der Waals surface area (Å²) < 4.78 is 0. The lowest BCUT2D eigenvalue weighted by Gasteiger charge is -2.41. The van der Waals surface area contributed by atoms with Crippen LogP contribution in [0.4, 0.5) is 11.8 Å². The summed E-state index contributed by atoms with van der Waals surface area (Å²) in [6, 6.07) is 6.83. The van der Waals surface area contributed by atoms with Crippen LogP contribution in [0.1, 0.15) is 25.1 Å². The van der Waals surface area contributed by atoms with Crippen molar-refractivity contribution in [1.29, 1.82) is 0 Å². The van der Waals surface area contributed by atoms with E-state index >= 15 is 0 Å². The fourth-order valence-corrected chi connectivity index (χ4v) is 3.91. The maximum absolute atomic E-state index is 9.48. The van der Waals surface area contributed by atoms with Gasteiger partial charge >= 0.3 is 0 Å². The van der Waals surface area contributed by atoms with Crippen LogP contribution >= 0.6 is 11.3 Å². The lowest BCUT2D eigenvalue weighted by molar-refractivity contribution is 0.136. The monoisotopic (exact) mass is 361 g/mol. The Hall–Kier alpha value is -1.70. The molecule has 1 saturated heterocycles. The van der Waals surface area contributed by atoms with Gasteiger partial charge in [-0.25, -0.2) is 4.98 Å². The number of aliphatic hydroxyl groups excluding tert-OH is 1. The van der Waals surface area contributed by atoms with Crippen molar-refractivity contribution < 1.29 is 5.11 Å². The molecule has 7 heteroatoms. The Bertz CT molecular complexity index is 649. The van der Waals surface area contributed by atoms with E-state index in [0.717, 1.165) is 44.4 Å². The number of aromatic nitrogens is 2. The number of anilines is 2. The van der Waals surface area contributed by atoms with Gasteiger partial charge in [-0.1, -0.05) is 6.07 Å². The quantitative estimate of drug-likeness (QED) is 0.790. The summed E-state index contributed by atoms with van der Waals surface area (Å²) in [5.74, 6) is 1.63. The molecule has 2 aromatic heterocycles. The molecule has 0 unspecified atom stereocenters. The first kappa shape index (κ1) is 18.1. The van der Waals surface area contributed by atoms with E-state index in [2.05, 4.69) is 56.4 Å². The molecule has 0 radical (unpaired) electrons. The summed E-state index contributed by atoms with van der Waals surface area (Å²) in [6.45, 7) is 8.05. The van der Waals surface area contributed by atoms with Crippen molar-refractivity contribution in [1.82, 2.24) is 14.9 Å². The maximum Gasteiger partial charge on any atom is 0.227 e. The fourth-order valence-electron chi connectivity index (χ4n) is 3.19. The summed E-state index contributed by atoms with van der Waals surface area (Å²) >= 11 is 1.79. The van der Waals surface area contributed by atoms with E-state index in [-0.39, 0.29) is 6.61 Å². The molecule has 2 aromatic rings. The highest BCUT2D eigenvalue weighted by atomic mass is 32.1. The summed E-state index contributed by atoms with van der Waals surface area (Å²) in [4.78, 5) is 15.2. The van der Waals surface area contributed by atoms with Gasteiger partial charge in [-0.15, -0.1) is 11.3 Å². The molecule has 0 aliphatic carbocycles. The molecule has 1 aliphatic heterocycles. The predicted molar refractivity (Wildman–Crippen MR) is 103 cm³/mol.